The zero-order chi connectivity index (χ0) is 9.02. The van der Waals surface area contributed by atoms with Crippen LogP contribution in [0, 0.1) is 0 Å². The van der Waals surface area contributed by atoms with Crippen LogP contribution in [0.15, 0.2) is 0 Å². The van der Waals surface area contributed by atoms with E-state index >= 15 is 0 Å². The normalized spacial score (nSPS) is 22.4. The summed E-state index contributed by atoms with van der Waals surface area (Å²) in [6, 6.07) is 0. The Kier molecular flexibility index (Phi) is 5.03. The maximum atomic E-state index is 9.10. The first-order chi connectivity index (χ1) is 5.00. The van der Waals surface area contributed by atoms with Crippen LogP contribution in [0.4, 0.5) is 0 Å². The zero-order valence-electron chi connectivity index (χ0n) is 6.25. The van der Waals surface area contributed by atoms with Crippen LogP contribution in [0.1, 0.15) is 6.92 Å². The smallest absolute Gasteiger partial charge is 0.109 e. The Balaban J connectivity index is 3.90. The Morgan fingerprint density at radius 1 is 1.18 bits per heavy atom. The van der Waals surface area contributed by atoms with E-state index in [1.54, 1.807) is 6.92 Å². The van der Waals surface area contributed by atoms with Gasteiger partial charge in [0.15, 0.2) is 0 Å². The standard InChI is InChI=1S/C6H14O4S/c1-3(11)5(9)6(10)4(8)2-7/h3-11H,2H2,1H3/t3-,4+,5+,6+/m0/s1. The summed E-state index contributed by atoms with van der Waals surface area (Å²) in [5.41, 5.74) is 0. The van der Waals surface area contributed by atoms with Crippen molar-refractivity contribution in [1.82, 2.24) is 0 Å². The number of aliphatic hydroxyl groups is 4. The van der Waals surface area contributed by atoms with Gasteiger partial charge in [-0.25, -0.2) is 0 Å². The van der Waals surface area contributed by atoms with Gasteiger partial charge in [0.2, 0.25) is 0 Å². The number of thiol groups is 1. The molecule has 0 aliphatic carbocycles. The highest BCUT2D eigenvalue weighted by molar-refractivity contribution is 7.81. The summed E-state index contributed by atoms with van der Waals surface area (Å²) in [4.78, 5) is 0. The minimum absolute atomic E-state index is 0.439. The molecule has 0 heterocycles. The molecule has 0 fully saturated rings. The third-order valence-electron chi connectivity index (χ3n) is 1.43. The van der Waals surface area contributed by atoms with Crippen LogP contribution in [-0.4, -0.2) is 50.6 Å². The summed E-state index contributed by atoms with van der Waals surface area (Å²) in [6.45, 7) is 1.01. The molecule has 0 aliphatic rings. The molecule has 0 amide bonds. The Labute approximate surface area is 70.9 Å². The molecule has 0 aromatic carbocycles. The van der Waals surface area contributed by atoms with Crippen LogP contribution in [0.25, 0.3) is 0 Å². The molecule has 0 radical (unpaired) electrons. The average molecular weight is 182 g/mol. The fourth-order valence-corrected chi connectivity index (χ4v) is 0.797. The van der Waals surface area contributed by atoms with Crippen molar-refractivity contribution in [3.05, 3.63) is 0 Å². The van der Waals surface area contributed by atoms with Gasteiger partial charge in [-0.1, -0.05) is 6.92 Å². The van der Waals surface area contributed by atoms with Gasteiger partial charge in [-0.15, -0.1) is 0 Å². The number of aliphatic hydroxyl groups excluding tert-OH is 4. The molecule has 0 aliphatic heterocycles. The minimum atomic E-state index is -1.34. The van der Waals surface area contributed by atoms with E-state index in [2.05, 4.69) is 12.6 Å². The van der Waals surface area contributed by atoms with Gasteiger partial charge in [0.1, 0.15) is 12.2 Å². The van der Waals surface area contributed by atoms with Gasteiger partial charge in [0, 0.05) is 5.25 Å². The molecule has 5 heteroatoms. The van der Waals surface area contributed by atoms with E-state index in [0.717, 1.165) is 0 Å². The van der Waals surface area contributed by atoms with Gasteiger partial charge in [0.05, 0.1) is 12.7 Å². The number of hydrogen-bond donors (Lipinski definition) is 5. The third kappa shape index (κ3) is 3.39. The molecule has 4 N–H and O–H groups in total. The fourth-order valence-electron chi connectivity index (χ4n) is 0.621. The maximum absolute atomic E-state index is 9.10. The summed E-state index contributed by atoms with van der Waals surface area (Å²) < 4.78 is 0. The van der Waals surface area contributed by atoms with E-state index in [1.807, 2.05) is 0 Å². The molecule has 0 spiro atoms. The van der Waals surface area contributed by atoms with Crippen molar-refractivity contribution in [1.29, 1.82) is 0 Å². The van der Waals surface area contributed by atoms with Crippen LogP contribution in [0.3, 0.4) is 0 Å². The average Bonchev–Trinajstić information content (AvgIpc) is 2.00. The van der Waals surface area contributed by atoms with Crippen LogP contribution in [0.5, 0.6) is 0 Å². The molecule has 0 unspecified atom stereocenters. The Bertz CT molecular complexity index is 109. The lowest BCUT2D eigenvalue weighted by atomic mass is 10.1. The SMILES string of the molecule is C[C@H](S)[C@@H](O)[C@H](O)[C@H](O)CO. The van der Waals surface area contributed by atoms with Gasteiger partial charge in [-0.3, -0.25) is 0 Å². The Morgan fingerprint density at radius 3 is 1.91 bits per heavy atom. The van der Waals surface area contributed by atoms with Gasteiger partial charge < -0.3 is 20.4 Å². The van der Waals surface area contributed by atoms with E-state index in [0.29, 0.717) is 0 Å². The van der Waals surface area contributed by atoms with Crippen molar-refractivity contribution in [2.24, 2.45) is 0 Å². The monoisotopic (exact) mass is 182 g/mol. The Morgan fingerprint density at radius 2 is 1.64 bits per heavy atom. The van der Waals surface area contributed by atoms with Crippen molar-refractivity contribution >= 4 is 12.6 Å². The molecular formula is C6H14O4S. The summed E-state index contributed by atoms with van der Waals surface area (Å²) in [5.74, 6) is 0. The lowest BCUT2D eigenvalue weighted by molar-refractivity contribution is -0.0747. The van der Waals surface area contributed by atoms with Gasteiger partial charge in [0.25, 0.3) is 0 Å². The summed E-state index contributed by atoms with van der Waals surface area (Å²) in [7, 11) is 0. The molecule has 0 bridgehead atoms. The second-order valence-corrected chi connectivity index (χ2v) is 3.29. The van der Waals surface area contributed by atoms with E-state index in [1.165, 1.54) is 0 Å². The first kappa shape index (κ1) is 11.2. The number of rotatable bonds is 4. The second-order valence-electron chi connectivity index (χ2n) is 2.47. The molecule has 0 aromatic rings. The van der Waals surface area contributed by atoms with E-state index < -0.39 is 30.2 Å². The van der Waals surface area contributed by atoms with E-state index in [4.69, 9.17) is 20.4 Å². The van der Waals surface area contributed by atoms with Crippen molar-refractivity contribution in [3.8, 4) is 0 Å². The van der Waals surface area contributed by atoms with Gasteiger partial charge >= 0.3 is 0 Å². The van der Waals surface area contributed by atoms with Crippen molar-refractivity contribution in [3.63, 3.8) is 0 Å². The van der Waals surface area contributed by atoms with Gasteiger partial charge in [-0.05, 0) is 0 Å². The van der Waals surface area contributed by atoms with E-state index in [-0.39, 0.29) is 0 Å². The van der Waals surface area contributed by atoms with Crippen molar-refractivity contribution < 1.29 is 20.4 Å². The first-order valence-corrected chi connectivity index (χ1v) is 3.85. The molecule has 4 nitrogen and oxygen atoms in total. The lowest BCUT2D eigenvalue weighted by Gasteiger charge is -2.23. The molecule has 68 valence electrons. The predicted molar refractivity (Wildman–Crippen MR) is 43.6 cm³/mol. The Hall–Kier alpha value is 0.190. The quantitative estimate of drug-likeness (QED) is 0.338. The highest BCUT2D eigenvalue weighted by Gasteiger charge is 2.26. The minimum Gasteiger partial charge on any atom is -0.394 e. The molecule has 11 heavy (non-hydrogen) atoms. The highest BCUT2D eigenvalue weighted by Crippen LogP contribution is 2.08. The topological polar surface area (TPSA) is 80.9 Å². The molecule has 4 atom stereocenters. The van der Waals surface area contributed by atoms with Crippen LogP contribution >= 0.6 is 12.6 Å². The van der Waals surface area contributed by atoms with Crippen molar-refractivity contribution in [2.75, 3.05) is 6.61 Å². The lowest BCUT2D eigenvalue weighted by Crippen LogP contribution is -2.43. The number of hydrogen-bond acceptors (Lipinski definition) is 5. The van der Waals surface area contributed by atoms with Crippen molar-refractivity contribution in [2.45, 2.75) is 30.5 Å². The van der Waals surface area contributed by atoms with Crippen LogP contribution < -0.4 is 0 Å². The predicted octanol–water partition coefficient (Wildman–Crippen LogP) is -1.62. The molecule has 0 rings (SSSR count). The van der Waals surface area contributed by atoms with Gasteiger partial charge in [-0.2, -0.15) is 12.6 Å². The molecule has 0 aromatic heterocycles. The third-order valence-corrected chi connectivity index (χ3v) is 1.73. The molecular weight excluding hydrogens is 168 g/mol. The molecule has 0 saturated heterocycles. The highest BCUT2D eigenvalue weighted by atomic mass is 32.1. The van der Waals surface area contributed by atoms with Crippen LogP contribution in [0.2, 0.25) is 0 Å². The second kappa shape index (κ2) is 4.95. The summed E-state index contributed by atoms with van der Waals surface area (Å²) >= 11 is 3.86. The summed E-state index contributed by atoms with van der Waals surface area (Å²) in [5, 5.41) is 34.9. The first-order valence-electron chi connectivity index (χ1n) is 3.33. The molecule has 0 saturated carbocycles. The zero-order valence-corrected chi connectivity index (χ0v) is 7.15. The van der Waals surface area contributed by atoms with Crippen LogP contribution in [-0.2, 0) is 0 Å². The maximum Gasteiger partial charge on any atom is 0.109 e. The fraction of sp³-hybridized carbons (Fsp3) is 1.00. The largest absolute Gasteiger partial charge is 0.394 e. The van der Waals surface area contributed by atoms with E-state index in [9.17, 15) is 0 Å². The summed E-state index contributed by atoms with van der Waals surface area (Å²) in [6.07, 6.45) is -3.77.